The van der Waals surface area contributed by atoms with Gasteiger partial charge in [0.25, 0.3) is 0 Å². The lowest BCUT2D eigenvalue weighted by Crippen LogP contribution is -2.53. The molecule has 0 amide bonds. The Morgan fingerprint density at radius 2 is 1.62 bits per heavy atom. The second-order valence-electron chi connectivity index (χ2n) is 6.13. The first-order valence-corrected chi connectivity index (χ1v) is 7.76. The van der Waals surface area contributed by atoms with Gasteiger partial charge in [0.1, 0.15) is 12.2 Å². The van der Waals surface area contributed by atoms with Crippen molar-refractivity contribution in [3.8, 4) is 0 Å². The summed E-state index contributed by atoms with van der Waals surface area (Å²) < 4.78 is 16.9. The Morgan fingerprint density at radius 3 is 2.05 bits per heavy atom. The van der Waals surface area contributed by atoms with Crippen LogP contribution in [0.4, 0.5) is 0 Å². The van der Waals surface area contributed by atoms with Crippen molar-refractivity contribution >= 4 is 11.9 Å². The van der Waals surface area contributed by atoms with E-state index in [2.05, 4.69) is 6.92 Å². The molecule has 0 aromatic heterocycles. The molecule has 0 aliphatic heterocycles. The number of hydrogen-bond donors (Lipinski definition) is 0. The molecule has 0 bridgehead atoms. The van der Waals surface area contributed by atoms with Crippen molar-refractivity contribution in [1.29, 1.82) is 0 Å². The minimum Gasteiger partial charge on any atom is -0.458 e. The molecule has 5 nitrogen and oxygen atoms in total. The maximum Gasteiger partial charge on any atom is 0.303 e. The molecule has 0 aromatic rings. The average Bonchev–Trinajstić information content (AvgIpc) is 2.35. The van der Waals surface area contributed by atoms with Crippen LogP contribution in [-0.4, -0.2) is 36.4 Å². The molecule has 1 fully saturated rings. The second kappa shape index (κ2) is 7.78. The van der Waals surface area contributed by atoms with E-state index in [1.807, 2.05) is 20.8 Å². The summed E-state index contributed by atoms with van der Waals surface area (Å²) >= 11 is 0. The van der Waals surface area contributed by atoms with Gasteiger partial charge in [0, 0.05) is 25.7 Å². The molecule has 0 unspecified atom stereocenters. The Labute approximate surface area is 127 Å². The number of rotatable bonds is 5. The predicted octanol–water partition coefficient (Wildman–Crippen LogP) is 2.71. The summed E-state index contributed by atoms with van der Waals surface area (Å²) in [5.41, 5.74) is 0. The summed E-state index contributed by atoms with van der Waals surface area (Å²) in [5.74, 6) is -0.572. The van der Waals surface area contributed by atoms with Gasteiger partial charge < -0.3 is 14.2 Å². The molecule has 0 radical (unpaired) electrons. The fourth-order valence-electron chi connectivity index (χ4n) is 3.08. The van der Waals surface area contributed by atoms with Crippen LogP contribution in [0.15, 0.2) is 0 Å². The fraction of sp³-hybridized carbons (Fsp3) is 0.875. The SMILES string of the molecule is CC[C@@H]1C[C@@H](OC(C)C)[C@H](C)[C@H](OC(C)=O)[C@H]1OC(C)=O. The average molecular weight is 300 g/mol. The van der Waals surface area contributed by atoms with Crippen LogP contribution in [0.25, 0.3) is 0 Å². The van der Waals surface area contributed by atoms with Crippen molar-refractivity contribution in [2.45, 2.75) is 78.8 Å². The van der Waals surface area contributed by atoms with Crippen LogP contribution in [0.1, 0.15) is 54.4 Å². The lowest BCUT2D eigenvalue weighted by Gasteiger charge is -2.44. The monoisotopic (exact) mass is 300 g/mol. The van der Waals surface area contributed by atoms with Gasteiger partial charge in [0.15, 0.2) is 0 Å². The Morgan fingerprint density at radius 1 is 1.10 bits per heavy atom. The first-order chi connectivity index (χ1) is 9.76. The van der Waals surface area contributed by atoms with E-state index in [1.165, 1.54) is 13.8 Å². The smallest absolute Gasteiger partial charge is 0.303 e. The number of esters is 2. The molecule has 5 heteroatoms. The highest BCUT2D eigenvalue weighted by Gasteiger charge is 2.46. The van der Waals surface area contributed by atoms with Gasteiger partial charge in [-0.2, -0.15) is 0 Å². The lowest BCUT2D eigenvalue weighted by atomic mass is 9.75. The standard InChI is InChI=1S/C16H28O5/c1-7-13-8-14(19-9(2)3)10(4)15(20-11(5)17)16(13)21-12(6)18/h9-10,13-16H,7-8H2,1-6H3/t10-,13+,14+,15-,16-/m0/s1. The highest BCUT2D eigenvalue weighted by atomic mass is 16.6. The summed E-state index contributed by atoms with van der Waals surface area (Å²) in [7, 11) is 0. The Balaban J connectivity index is 2.98. The van der Waals surface area contributed by atoms with E-state index < -0.39 is 12.2 Å². The van der Waals surface area contributed by atoms with E-state index in [4.69, 9.17) is 14.2 Å². The minimum absolute atomic E-state index is 0.00566. The van der Waals surface area contributed by atoms with Gasteiger partial charge in [-0.15, -0.1) is 0 Å². The largest absolute Gasteiger partial charge is 0.458 e. The number of carbonyl (C=O) groups is 2. The third kappa shape index (κ3) is 4.99. The second-order valence-corrected chi connectivity index (χ2v) is 6.13. The molecular weight excluding hydrogens is 272 g/mol. The van der Waals surface area contributed by atoms with Crippen LogP contribution in [0, 0.1) is 11.8 Å². The summed E-state index contributed by atoms with van der Waals surface area (Å²) in [4.78, 5) is 22.8. The van der Waals surface area contributed by atoms with Crippen LogP contribution in [-0.2, 0) is 23.8 Å². The zero-order chi connectivity index (χ0) is 16.2. The minimum atomic E-state index is -0.450. The van der Waals surface area contributed by atoms with Crippen LogP contribution in [0.5, 0.6) is 0 Å². The zero-order valence-electron chi connectivity index (χ0n) is 13.9. The zero-order valence-corrected chi connectivity index (χ0v) is 13.9. The van der Waals surface area contributed by atoms with Gasteiger partial charge in [-0.25, -0.2) is 0 Å². The van der Waals surface area contributed by atoms with E-state index in [0.29, 0.717) is 0 Å². The maximum atomic E-state index is 11.4. The highest BCUT2D eigenvalue weighted by molar-refractivity contribution is 5.67. The molecule has 1 saturated carbocycles. The Hall–Kier alpha value is -1.10. The van der Waals surface area contributed by atoms with Crippen molar-refractivity contribution < 1.29 is 23.8 Å². The summed E-state index contributed by atoms with van der Waals surface area (Å²) in [5, 5.41) is 0. The van der Waals surface area contributed by atoms with E-state index in [-0.39, 0.29) is 36.0 Å². The molecule has 0 heterocycles. The molecule has 0 spiro atoms. The van der Waals surface area contributed by atoms with E-state index in [9.17, 15) is 9.59 Å². The molecule has 0 N–H and O–H groups in total. The lowest BCUT2D eigenvalue weighted by molar-refractivity contribution is -0.197. The van der Waals surface area contributed by atoms with Crippen LogP contribution in [0.3, 0.4) is 0 Å². The number of carbonyl (C=O) groups excluding carboxylic acids is 2. The van der Waals surface area contributed by atoms with Crippen molar-refractivity contribution in [3.05, 3.63) is 0 Å². The molecule has 21 heavy (non-hydrogen) atoms. The topological polar surface area (TPSA) is 61.8 Å². The predicted molar refractivity (Wildman–Crippen MR) is 78.7 cm³/mol. The van der Waals surface area contributed by atoms with Gasteiger partial charge in [0.05, 0.1) is 12.2 Å². The summed E-state index contributed by atoms with van der Waals surface area (Å²) in [6, 6.07) is 0. The molecule has 0 aromatic carbocycles. The summed E-state index contributed by atoms with van der Waals surface area (Å²) in [6.45, 7) is 10.8. The molecule has 122 valence electrons. The van der Waals surface area contributed by atoms with Crippen molar-refractivity contribution in [3.63, 3.8) is 0 Å². The van der Waals surface area contributed by atoms with E-state index in [0.717, 1.165) is 12.8 Å². The van der Waals surface area contributed by atoms with Crippen LogP contribution in [0.2, 0.25) is 0 Å². The molecule has 0 saturated heterocycles. The van der Waals surface area contributed by atoms with Crippen LogP contribution < -0.4 is 0 Å². The number of ether oxygens (including phenoxy) is 3. The van der Waals surface area contributed by atoms with Crippen LogP contribution >= 0.6 is 0 Å². The highest BCUT2D eigenvalue weighted by Crippen LogP contribution is 2.37. The van der Waals surface area contributed by atoms with E-state index in [1.54, 1.807) is 0 Å². The molecule has 1 rings (SSSR count). The van der Waals surface area contributed by atoms with E-state index >= 15 is 0 Å². The molecule has 1 aliphatic carbocycles. The van der Waals surface area contributed by atoms with Crippen molar-refractivity contribution in [2.75, 3.05) is 0 Å². The molecule has 1 aliphatic rings. The van der Waals surface area contributed by atoms with Gasteiger partial charge in [-0.1, -0.05) is 13.8 Å². The molecular formula is C16H28O5. The fourth-order valence-corrected chi connectivity index (χ4v) is 3.08. The van der Waals surface area contributed by atoms with Gasteiger partial charge in [-0.05, 0) is 26.7 Å². The third-order valence-corrected chi connectivity index (χ3v) is 4.00. The Bertz CT molecular complexity index is 366. The maximum absolute atomic E-state index is 11.4. The quantitative estimate of drug-likeness (QED) is 0.731. The third-order valence-electron chi connectivity index (χ3n) is 4.00. The van der Waals surface area contributed by atoms with Crippen molar-refractivity contribution in [2.24, 2.45) is 11.8 Å². The van der Waals surface area contributed by atoms with Crippen molar-refractivity contribution in [1.82, 2.24) is 0 Å². The van der Waals surface area contributed by atoms with Gasteiger partial charge >= 0.3 is 11.9 Å². The van der Waals surface area contributed by atoms with Gasteiger partial charge in [0.2, 0.25) is 0 Å². The summed E-state index contributed by atoms with van der Waals surface area (Å²) in [6.07, 6.45) is 0.933. The molecule has 5 atom stereocenters. The Kier molecular flexibility index (Phi) is 6.65. The van der Waals surface area contributed by atoms with Gasteiger partial charge in [-0.3, -0.25) is 9.59 Å². The number of hydrogen-bond acceptors (Lipinski definition) is 5. The normalized spacial score (nSPS) is 32.8. The first-order valence-electron chi connectivity index (χ1n) is 7.76. The first kappa shape index (κ1) is 18.0.